The summed E-state index contributed by atoms with van der Waals surface area (Å²) in [4.78, 5) is 0. The number of fused-ring (bicyclic) bond motifs is 3. The third kappa shape index (κ3) is 2.94. The lowest BCUT2D eigenvalue weighted by Crippen LogP contribution is -2.33. The number of halogens is 1. The van der Waals surface area contributed by atoms with Crippen molar-refractivity contribution < 1.29 is 4.74 Å². The van der Waals surface area contributed by atoms with Crippen molar-refractivity contribution in [1.82, 2.24) is 5.01 Å². The van der Waals surface area contributed by atoms with Gasteiger partial charge in [-0.1, -0.05) is 76.1 Å². The van der Waals surface area contributed by atoms with Crippen molar-refractivity contribution in [2.45, 2.75) is 25.6 Å². The first-order valence-corrected chi connectivity index (χ1v) is 9.92. The summed E-state index contributed by atoms with van der Waals surface area (Å²) >= 11 is 3.51. The van der Waals surface area contributed by atoms with Gasteiger partial charge in [0, 0.05) is 22.0 Å². The van der Waals surface area contributed by atoms with Crippen LogP contribution < -0.4 is 4.74 Å². The quantitative estimate of drug-likeness (QED) is 0.509. The van der Waals surface area contributed by atoms with Crippen LogP contribution in [0.15, 0.2) is 82.4 Å². The van der Waals surface area contributed by atoms with Gasteiger partial charge in [0.1, 0.15) is 5.75 Å². The molecule has 0 N–H and O–H groups in total. The minimum absolute atomic E-state index is 0.194. The second kappa shape index (κ2) is 6.54. The Kier molecular flexibility index (Phi) is 4.01. The van der Waals surface area contributed by atoms with Crippen LogP contribution in [0.2, 0.25) is 0 Å². The van der Waals surface area contributed by atoms with Crippen LogP contribution in [-0.2, 0) is 0 Å². The lowest BCUT2D eigenvalue weighted by Gasteiger charge is -2.38. The molecule has 0 spiro atoms. The van der Waals surface area contributed by atoms with Gasteiger partial charge in [-0.25, -0.2) is 5.01 Å². The zero-order chi connectivity index (χ0) is 18.4. The lowest BCUT2D eigenvalue weighted by atomic mass is 9.96. The number of benzene rings is 3. The molecule has 3 nitrogen and oxygen atoms in total. The molecule has 5 rings (SSSR count). The number of rotatable bonds is 2. The van der Waals surface area contributed by atoms with Gasteiger partial charge in [0.05, 0.1) is 11.8 Å². The smallest absolute Gasteiger partial charge is 0.213 e. The van der Waals surface area contributed by atoms with Gasteiger partial charge in [-0.3, -0.25) is 0 Å². The van der Waals surface area contributed by atoms with E-state index in [1.54, 1.807) is 0 Å². The van der Waals surface area contributed by atoms with E-state index in [-0.39, 0.29) is 12.3 Å². The Morgan fingerprint density at radius 1 is 0.963 bits per heavy atom. The molecule has 0 fully saturated rings. The van der Waals surface area contributed by atoms with Gasteiger partial charge in [0.15, 0.2) is 0 Å². The Bertz CT molecular complexity index is 1010. The summed E-state index contributed by atoms with van der Waals surface area (Å²) in [6, 6.07) is 25.4. The first-order chi connectivity index (χ1) is 13.2. The van der Waals surface area contributed by atoms with Crippen LogP contribution in [0.5, 0.6) is 5.75 Å². The number of aryl methyl sites for hydroxylation is 1. The Labute approximate surface area is 167 Å². The molecule has 0 saturated carbocycles. The van der Waals surface area contributed by atoms with E-state index in [4.69, 9.17) is 9.84 Å². The fourth-order valence-electron chi connectivity index (χ4n) is 3.80. The highest BCUT2D eigenvalue weighted by Gasteiger charge is 2.40. The van der Waals surface area contributed by atoms with Gasteiger partial charge in [0.25, 0.3) is 0 Å². The third-order valence-corrected chi connectivity index (χ3v) is 5.77. The van der Waals surface area contributed by atoms with Crippen LogP contribution in [0.3, 0.4) is 0 Å². The van der Waals surface area contributed by atoms with E-state index in [0.29, 0.717) is 0 Å². The average Bonchev–Trinajstić information content (AvgIpc) is 3.14. The molecule has 4 heteroatoms. The summed E-state index contributed by atoms with van der Waals surface area (Å²) in [5.41, 5.74) is 5.84. The van der Waals surface area contributed by atoms with Crippen LogP contribution in [0.1, 0.15) is 40.9 Å². The summed E-state index contributed by atoms with van der Waals surface area (Å²) in [7, 11) is 0. The minimum atomic E-state index is -0.210. The normalized spacial score (nSPS) is 20.5. The SMILES string of the molecule is Cc1ccc([C@@H]2Oc3ccccc3[C@@H]3CC(c4ccc(Br)cc4)=NN32)cc1. The molecule has 2 aliphatic rings. The van der Waals surface area contributed by atoms with E-state index in [1.807, 2.05) is 6.07 Å². The maximum atomic E-state index is 6.39. The van der Waals surface area contributed by atoms with Crippen molar-refractivity contribution in [3.63, 3.8) is 0 Å². The standard InChI is InChI=1S/C23H19BrN2O/c1-15-6-8-17(9-7-15)23-26-21(19-4-2-3-5-22(19)27-23)14-20(25-26)16-10-12-18(24)13-11-16/h2-13,21,23H,14H2,1H3/t21-,23-/m0/s1. The molecule has 3 aromatic carbocycles. The lowest BCUT2D eigenvalue weighted by molar-refractivity contribution is -0.0190. The van der Waals surface area contributed by atoms with Crippen LogP contribution in [0.25, 0.3) is 0 Å². The fraction of sp³-hybridized carbons (Fsp3) is 0.174. The van der Waals surface area contributed by atoms with Gasteiger partial charge in [-0.05, 0) is 30.7 Å². The first kappa shape index (κ1) is 16.6. The summed E-state index contributed by atoms with van der Waals surface area (Å²) < 4.78 is 7.46. The first-order valence-electron chi connectivity index (χ1n) is 9.13. The van der Waals surface area contributed by atoms with Gasteiger partial charge < -0.3 is 4.74 Å². The molecule has 0 amide bonds. The summed E-state index contributed by atoms with van der Waals surface area (Å²) in [5, 5.41) is 7.13. The Hall–Kier alpha value is -2.59. The van der Waals surface area contributed by atoms with Crippen LogP contribution in [0.4, 0.5) is 0 Å². The largest absolute Gasteiger partial charge is 0.464 e. The van der Waals surface area contributed by atoms with Crippen LogP contribution in [-0.4, -0.2) is 10.7 Å². The van der Waals surface area contributed by atoms with Crippen molar-refractivity contribution in [3.05, 3.63) is 99.5 Å². The zero-order valence-electron chi connectivity index (χ0n) is 15.0. The number of ether oxygens (including phenoxy) is 1. The highest BCUT2D eigenvalue weighted by molar-refractivity contribution is 9.10. The second-order valence-corrected chi connectivity index (χ2v) is 7.99. The predicted molar refractivity (Wildman–Crippen MR) is 111 cm³/mol. The van der Waals surface area contributed by atoms with Crippen molar-refractivity contribution >= 4 is 21.6 Å². The number of hydrogen-bond acceptors (Lipinski definition) is 3. The van der Waals surface area contributed by atoms with Crippen LogP contribution in [0, 0.1) is 6.92 Å². The molecule has 134 valence electrons. The number of hydrazone groups is 1. The minimum Gasteiger partial charge on any atom is -0.464 e. The van der Waals surface area contributed by atoms with Crippen molar-refractivity contribution in [1.29, 1.82) is 0 Å². The Morgan fingerprint density at radius 3 is 2.48 bits per heavy atom. The van der Waals surface area contributed by atoms with Gasteiger partial charge >= 0.3 is 0 Å². The van der Waals surface area contributed by atoms with Crippen molar-refractivity contribution in [3.8, 4) is 5.75 Å². The van der Waals surface area contributed by atoms with E-state index in [2.05, 4.69) is 94.6 Å². The predicted octanol–water partition coefficient (Wildman–Crippen LogP) is 6.00. The maximum Gasteiger partial charge on any atom is 0.213 e. The molecular weight excluding hydrogens is 400 g/mol. The van der Waals surface area contributed by atoms with Crippen molar-refractivity contribution in [2.24, 2.45) is 5.10 Å². The molecule has 2 atom stereocenters. The second-order valence-electron chi connectivity index (χ2n) is 7.07. The number of hydrogen-bond donors (Lipinski definition) is 0. The highest BCUT2D eigenvalue weighted by atomic mass is 79.9. The molecular formula is C23H19BrN2O. The topological polar surface area (TPSA) is 24.8 Å². The maximum absolute atomic E-state index is 6.39. The molecule has 0 saturated heterocycles. The zero-order valence-corrected chi connectivity index (χ0v) is 16.6. The van der Waals surface area contributed by atoms with E-state index < -0.39 is 0 Å². The molecule has 0 radical (unpaired) electrons. The monoisotopic (exact) mass is 418 g/mol. The molecule has 0 aliphatic carbocycles. The van der Waals surface area contributed by atoms with E-state index >= 15 is 0 Å². The molecule has 3 aromatic rings. The van der Waals surface area contributed by atoms with Gasteiger partial charge in [0.2, 0.25) is 6.23 Å². The van der Waals surface area contributed by atoms with Crippen molar-refractivity contribution in [2.75, 3.05) is 0 Å². The summed E-state index contributed by atoms with van der Waals surface area (Å²) in [6.07, 6.45) is 0.670. The number of para-hydroxylation sites is 1. The molecule has 0 bridgehead atoms. The van der Waals surface area contributed by atoms with E-state index in [1.165, 1.54) is 11.1 Å². The molecule has 2 aliphatic heterocycles. The van der Waals surface area contributed by atoms with Gasteiger partial charge in [-0.15, -0.1) is 0 Å². The average molecular weight is 419 g/mol. The molecule has 27 heavy (non-hydrogen) atoms. The number of nitrogens with zero attached hydrogens (tertiary/aromatic N) is 2. The van der Waals surface area contributed by atoms with Crippen LogP contribution >= 0.6 is 15.9 Å². The highest BCUT2D eigenvalue weighted by Crippen LogP contribution is 2.47. The summed E-state index contributed by atoms with van der Waals surface area (Å²) in [6.45, 7) is 2.10. The Morgan fingerprint density at radius 2 is 1.70 bits per heavy atom. The summed E-state index contributed by atoms with van der Waals surface area (Å²) in [5.74, 6) is 0.955. The van der Waals surface area contributed by atoms with Gasteiger partial charge in [-0.2, -0.15) is 5.10 Å². The van der Waals surface area contributed by atoms with E-state index in [9.17, 15) is 0 Å². The fourth-order valence-corrected chi connectivity index (χ4v) is 4.07. The molecule has 2 heterocycles. The molecule has 0 unspecified atom stereocenters. The third-order valence-electron chi connectivity index (χ3n) is 5.24. The molecule has 0 aromatic heterocycles. The Balaban J connectivity index is 1.58. The van der Waals surface area contributed by atoms with E-state index in [0.717, 1.165) is 33.5 Å².